The summed E-state index contributed by atoms with van der Waals surface area (Å²) in [6.45, 7) is 1.18. The summed E-state index contributed by atoms with van der Waals surface area (Å²) in [5.74, 6) is 0.452. The summed E-state index contributed by atoms with van der Waals surface area (Å²) in [5, 5.41) is 11.5. The van der Waals surface area contributed by atoms with Crippen molar-refractivity contribution in [2.24, 2.45) is 7.05 Å². The summed E-state index contributed by atoms with van der Waals surface area (Å²) in [7, 11) is 1.76. The third kappa shape index (κ3) is 3.17. The fourth-order valence-electron chi connectivity index (χ4n) is 3.08. The van der Waals surface area contributed by atoms with Crippen LogP contribution < -0.4 is 5.32 Å². The Morgan fingerprint density at radius 3 is 2.68 bits per heavy atom. The van der Waals surface area contributed by atoms with Crippen molar-refractivity contribution >= 4 is 5.91 Å². The van der Waals surface area contributed by atoms with Gasteiger partial charge >= 0.3 is 0 Å². The molecule has 25 heavy (non-hydrogen) atoms. The number of pyridine rings is 1. The van der Waals surface area contributed by atoms with Gasteiger partial charge in [0.25, 0.3) is 5.91 Å². The van der Waals surface area contributed by atoms with Crippen molar-refractivity contribution in [1.29, 1.82) is 0 Å². The number of aryl methyl sites for hydroxylation is 1. The van der Waals surface area contributed by atoms with Crippen LogP contribution in [-0.4, -0.2) is 37.0 Å². The van der Waals surface area contributed by atoms with Crippen molar-refractivity contribution in [3.05, 3.63) is 54.4 Å². The highest BCUT2D eigenvalue weighted by Crippen LogP contribution is 2.44. The molecule has 0 unspecified atom stereocenters. The lowest BCUT2D eigenvalue weighted by Crippen LogP contribution is -2.29. The summed E-state index contributed by atoms with van der Waals surface area (Å²) in [5.41, 5.74) is 4.13. The predicted molar refractivity (Wildman–Crippen MR) is 93.0 cm³/mol. The second-order valence-electron chi connectivity index (χ2n) is 6.27. The molecule has 1 aliphatic rings. The molecule has 4 rings (SSSR count). The van der Waals surface area contributed by atoms with Gasteiger partial charge in [-0.1, -0.05) is 0 Å². The van der Waals surface area contributed by atoms with Gasteiger partial charge in [-0.2, -0.15) is 10.2 Å². The van der Waals surface area contributed by atoms with E-state index in [9.17, 15) is 4.79 Å². The minimum atomic E-state index is -0.116. The molecule has 1 fully saturated rings. The number of nitrogens with zero attached hydrogens (tertiary/aromatic N) is 5. The van der Waals surface area contributed by atoms with Crippen LogP contribution in [0.2, 0.25) is 0 Å². The topological polar surface area (TPSA) is 77.6 Å². The number of amides is 1. The number of rotatable bonds is 6. The highest BCUT2D eigenvalue weighted by molar-refractivity contribution is 5.92. The Bertz CT molecular complexity index is 878. The molecule has 0 radical (unpaired) electrons. The summed E-state index contributed by atoms with van der Waals surface area (Å²) >= 11 is 0. The first-order valence-corrected chi connectivity index (χ1v) is 8.46. The van der Waals surface area contributed by atoms with Gasteiger partial charge in [0.1, 0.15) is 5.69 Å². The average molecular weight is 336 g/mol. The zero-order valence-corrected chi connectivity index (χ0v) is 14.1. The largest absolute Gasteiger partial charge is 0.349 e. The van der Waals surface area contributed by atoms with E-state index in [1.54, 1.807) is 36.4 Å². The van der Waals surface area contributed by atoms with Gasteiger partial charge in [0, 0.05) is 49.4 Å². The van der Waals surface area contributed by atoms with Gasteiger partial charge in [-0.15, -0.1) is 0 Å². The van der Waals surface area contributed by atoms with Crippen molar-refractivity contribution in [3.8, 4) is 11.1 Å². The molecule has 7 heteroatoms. The lowest BCUT2D eigenvalue weighted by Gasteiger charge is -2.10. The molecular formula is C18H20N6O. The van der Waals surface area contributed by atoms with E-state index in [4.69, 9.17) is 0 Å². The lowest BCUT2D eigenvalue weighted by molar-refractivity contribution is 0.0942. The molecule has 1 aliphatic carbocycles. The van der Waals surface area contributed by atoms with Crippen molar-refractivity contribution < 1.29 is 4.79 Å². The Hall–Kier alpha value is -2.96. The summed E-state index contributed by atoms with van der Waals surface area (Å²) < 4.78 is 3.59. The number of hydrogen-bond acceptors (Lipinski definition) is 4. The third-order valence-corrected chi connectivity index (χ3v) is 4.50. The SMILES string of the molecule is Cn1nccc1C(=O)NCCn1ncc(-c2ccncc2)c1C1CC1. The Morgan fingerprint density at radius 1 is 1.20 bits per heavy atom. The monoisotopic (exact) mass is 336 g/mol. The second-order valence-corrected chi connectivity index (χ2v) is 6.27. The number of carbonyl (C=O) groups is 1. The first-order chi connectivity index (χ1) is 12.2. The van der Waals surface area contributed by atoms with E-state index in [1.807, 2.05) is 23.0 Å². The van der Waals surface area contributed by atoms with E-state index in [0.717, 1.165) is 5.56 Å². The number of hydrogen-bond donors (Lipinski definition) is 1. The first kappa shape index (κ1) is 15.6. The Labute approximate surface area is 145 Å². The maximum atomic E-state index is 12.2. The first-order valence-electron chi connectivity index (χ1n) is 8.46. The molecule has 3 heterocycles. The summed E-state index contributed by atoms with van der Waals surface area (Å²) in [4.78, 5) is 16.3. The Balaban J connectivity index is 1.47. The molecule has 1 amide bonds. The van der Waals surface area contributed by atoms with Gasteiger partial charge in [-0.25, -0.2) is 0 Å². The van der Waals surface area contributed by atoms with E-state index in [2.05, 4.69) is 20.5 Å². The molecule has 3 aromatic rings. The van der Waals surface area contributed by atoms with Crippen molar-refractivity contribution in [2.75, 3.05) is 6.54 Å². The summed E-state index contributed by atoms with van der Waals surface area (Å²) in [6, 6.07) is 5.73. The van der Waals surface area contributed by atoms with Crippen LogP contribution in [-0.2, 0) is 13.6 Å². The van der Waals surface area contributed by atoms with Crippen molar-refractivity contribution in [2.45, 2.75) is 25.3 Å². The highest BCUT2D eigenvalue weighted by atomic mass is 16.2. The molecule has 0 atom stereocenters. The molecule has 1 N–H and O–H groups in total. The smallest absolute Gasteiger partial charge is 0.269 e. The molecule has 0 aromatic carbocycles. The Kier molecular flexibility index (Phi) is 4.05. The van der Waals surface area contributed by atoms with Crippen LogP contribution in [0.4, 0.5) is 0 Å². The number of nitrogens with one attached hydrogen (secondary N) is 1. The maximum Gasteiger partial charge on any atom is 0.269 e. The van der Waals surface area contributed by atoms with Gasteiger partial charge in [0.15, 0.2) is 0 Å². The van der Waals surface area contributed by atoms with Gasteiger partial charge in [0.2, 0.25) is 0 Å². The fraction of sp³-hybridized carbons (Fsp3) is 0.333. The Morgan fingerprint density at radius 2 is 2.00 bits per heavy atom. The highest BCUT2D eigenvalue weighted by Gasteiger charge is 2.30. The molecular weight excluding hydrogens is 316 g/mol. The van der Waals surface area contributed by atoms with Crippen LogP contribution in [0.15, 0.2) is 43.0 Å². The zero-order valence-electron chi connectivity index (χ0n) is 14.1. The van der Waals surface area contributed by atoms with Crippen LogP contribution in [0, 0.1) is 0 Å². The van der Waals surface area contributed by atoms with Crippen LogP contribution >= 0.6 is 0 Å². The number of carbonyl (C=O) groups excluding carboxylic acids is 1. The summed E-state index contributed by atoms with van der Waals surface area (Å²) in [6.07, 6.45) is 9.55. The van der Waals surface area contributed by atoms with Gasteiger partial charge in [-0.3, -0.25) is 19.1 Å². The van der Waals surface area contributed by atoms with E-state index in [0.29, 0.717) is 24.7 Å². The molecule has 1 saturated carbocycles. The number of aromatic nitrogens is 5. The van der Waals surface area contributed by atoms with Crippen LogP contribution in [0.5, 0.6) is 0 Å². The van der Waals surface area contributed by atoms with Gasteiger partial charge in [-0.05, 0) is 36.6 Å². The molecule has 0 aliphatic heterocycles. The lowest BCUT2D eigenvalue weighted by atomic mass is 10.1. The molecule has 0 spiro atoms. The van der Waals surface area contributed by atoms with E-state index >= 15 is 0 Å². The molecule has 128 valence electrons. The average Bonchev–Trinajstić information content (AvgIpc) is 3.24. The minimum Gasteiger partial charge on any atom is -0.349 e. The molecule has 0 saturated heterocycles. The quantitative estimate of drug-likeness (QED) is 0.747. The van der Waals surface area contributed by atoms with Crippen LogP contribution in [0.1, 0.15) is 34.9 Å². The van der Waals surface area contributed by atoms with Crippen LogP contribution in [0.25, 0.3) is 11.1 Å². The minimum absolute atomic E-state index is 0.116. The third-order valence-electron chi connectivity index (χ3n) is 4.50. The van der Waals surface area contributed by atoms with Gasteiger partial charge < -0.3 is 5.32 Å². The zero-order chi connectivity index (χ0) is 17.2. The standard InChI is InChI=1S/C18H20N6O/c1-23-16(6-9-21-23)18(25)20-10-11-24-17(14-2-3-14)15(12-22-24)13-4-7-19-8-5-13/h4-9,12,14H,2-3,10-11H2,1H3,(H,20,25). The fourth-order valence-corrected chi connectivity index (χ4v) is 3.08. The van der Waals surface area contributed by atoms with Gasteiger partial charge in [0.05, 0.1) is 12.7 Å². The second kappa shape index (κ2) is 6.51. The predicted octanol–water partition coefficient (Wildman–Crippen LogP) is 1.99. The molecule has 7 nitrogen and oxygen atoms in total. The maximum absolute atomic E-state index is 12.2. The van der Waals surface area contributed by atoms with Crippen molar-refractivity contribution in [1.82, 2.24) is 29.9 Å². The van der Waals surface area contributed by atoms with E-state index < -0.39 is 0 Å². The normalized spacial score (nSPS) is 13.8. The van der Waals surface area contributed by atoms with E-state index in [-0.39, 0.29) is 5.91 Å². The van der Waals surface area contributed by atoms with Crippen molar-refractivity contribution in [3.63, 3.8) is 0 Å². The van der Waals surface area contributed by atoms with Crippen LogP contribution in [0.3, 0.4) is 0 Å². The van der Waals surface area contributed by atoms with E-state index in [1.165, 1.54) is 24.1 Å². The molecule has 3 aromatic heterocycles. The molecule has 0 bridgehead atoms.